The van der Waals surface area contributed by atoms with E-state index in [1.54, 1.807) is 22.8 Å². The molecular formula is C15H16ClF3N4S. The predicted octanol–water partition coefficient (Wildman–Crippen LogP) is 4.57. The van der Waals surface area contributed by atoms with Crippen LogP contribution in [-0.4, -0.2) is 39.8 Å². The van der Waals surface area contributed by atoms with E-state index in [1.165, 1.54) is 0 Å². The summed E-state index contributed by atoms with van der Waals surface area (Å²) in [6.07, 6.45) is -2.90. The summed E-state index contributed by atoms with van der Waals surface area (Å²) in [6, 6.07) is 7.16. The Morgan fingerprint density at radius 3 is 2.58 bits per heavy atom. The first-order valence-corrected chi connectivity index (χ1v) is 8.96. The van der Waals surface area contributed by atoms with Gasteiger partial charge in [0, 0.05) is 23.9 Å². The van der Waals surface area contributed by atoms with Crippen molar-refractivity contribution in [1.82, 2.24) is 14.8 Å². The van der Waals surface area contributed by atoms with Crippen molar-refractivity contribution in [2.75, 3.05) is 23.7 Å². The number of thioether (sulfide) groups is 1. The van der Waals surface area contributed by atoms with Crippen LogP contribution in [0.5, 0.6) is 0 Å². The van der Waals surface area contributed by atoms with E-state index in [0.717, 1.165) is 43.4 Å². The zero-order chi connectivity index (χ0) is 17.2. The minimum Gasteiger partial charge on any atom is -0.341 e. The quantitative estimate of drug-likeness (QED) is 0.716. The molecule has 1 aliphatic rings. The molecule has 9 heteroatoms. The molecule has 3 rings (SSSR count). The molecule has 0 unspecified atom stereocenters. The van der Waals surface area contributed by atoms with E-state index in [2.05, 4.69) is 15.1 Å². The minimum absolute atomic E-state index is 0.0950. The predicted molar refractivity (Wildman–Crippen MR) is 89.2 cm³/mol. The van der Waals surface area contributed by atoms with Gasteiger partial charge in [-0.3, -0.25) is 4.57 Å². The molecule has 1 aromatic heterocycles. The summed E-state index contributed by atoms with van der Waals surface area (Å²) >= 11 is 7.12. The molecule has 0 N–H and O–H groups in total. The van der Waals surface area contributed by atoms with Crippen LogP contribution in [0.3, 0.4) is 0 Å². The van der Waals surface area contributed by atoms with Gasteiger partial charge in [0.05, 0.1) is 12.1 Å². The Balaban J connectivity index is 1.90. The molecule has 0 atom stereocenters. The van der Waals surface area contributed by atoms with E-state index >= 15 is 0 Å². The molecule has 0 saturated carbocycles. The van der Waals surface area contributed by atoms with Crippen molar-refractivity contribution in [2.24, 2.45) is 0 Å². The highest BCUT2D eigenvalue weighted by Gasteiger charge is 2.28. The lowest BCUT2D eigenvalue weighted by Gasteiger charge is -2.18. The van der Waals surface area contributed by atoms with Crippen LogP contribution in [0, 0.1) is 0 Å². The van der Waals surface area contributed by atoms with Crippen LogP contribution in [0.4, 0.5) is 19.1 Å². The van der Waals surface area contributed by atoms with Crippen LogP contribution in [0.15, 0.2) is 29.4 Å². The van der Waals surface area contributed by atoms with E-state index in [4.69, 9.17) is 11.6 Å². The van der Waals surface area contributed by atoms with Gasteiger partial charge in [-0.25, -0.2) is 0 Å². The van der Waals surface area contributed by atoms with E-state index in [0.29, 0.717) is 16.1 Å². The topological polar surface area (TPSA) is 34.0 Å². The third kappa shape index (κ3) is 4.16. The highest BCUT2D eigenvalue weighted by Crippen LogP contribution is 2.31. The average Bonchev–Trinajstić information content (AvgIpc) is 3.14. The number of halogens is 4. The smallest absolute Gasteiger partial charge is 0.341 e. The van der Waals surface area contributed by atoms with Crippen LogP contribution in [0.1, 0.15) is 19.3 Å². The second-order valence-corrected chi connectivity index (χ2v) is 7.00. The Morgan fingerprint density at radius 2 is 1.92 bits per heavy atom. The summed E-state index contributed by atoms with van der Waals surface area (Å²) in [4.78, 5) is 2.10. The van der Waals surface area contributed by atoms with E-state index in [1.807, 2.05) is 6.07 Å². The van der Waals surface area contributed by atoms with Crippen LogP contribution >= 0.6 is 23.4 Å². The molecule has 1 fully saturated rings. The number of nitrogens with zero attached hydrogens (tertiary/aromatic N) is 4. The van der Waals surface area contributed by atoms with Crippen molar-refractivity contribution in [3.63, 3.8) is 0 Å². The molecule has 24 heavy (non-hydrogen) atoms. The van der Waals surface area contributed by atoms with E-state index in [9.17, 15) is 13.2 Å². The van der Waals surface area contributed by atoms with Gasteiger partial charge in [0.2, 0.25) is 5.95 Å². The molecule has 1 aromatic carbocycles. The van der Waals surface area contributed by atoms with Gasteiger partial charge in [-0.15, -0.1) is 10.2 Å². The van der Waals surface area contributed by atoms with Crippen LogP contribution in [-0.2, 0) is 0 Å². The second-order valence-electron chi connectivity index (χ2n) is 5.51. The van der Waals surface area contributed by atoms with Gasteiger partial charge in [0.25, 0.3) is 0 Å². The first kappa shape index (κ1) is 17.4. The lowest BCUT2D eigenvalue weighted by molar-refractivity contribution is -0.129. The first-order chi connectivity index (χ1) is 11.4. The van der Waals surface area contributed by atoms with Crippen LogP contribution in [0.2, 0.25) is 5.02 Å². The molecule has 2 heterocycles. The maximum Gasteiger partial charge on any atom is 0.389 e. The molecule has 4 nitrogen and oxygen atoms in total. The molecule has 0 amide bonds. The summed E-state index contributed by atoms with van der Waals surface area (Å²) < 4.78 is 39.0. The summed E-state index contributed by atoms with van der Waals surface area (Å²) in [5, 5.41) is 9.33. The Bertz CT molecular complexity index is 698. The zero-order valence-corrected chi connectivity index (χ0v) is 14.3. The van der Waals surface area contributed by atoms with Crippen molar-refractivity contribution in [2.45, 2.75) is 30.6 Å². The molecule has 0 radical (unpaired) electrons. The molecular weight excluding hydrogens is 361 g/mol. The number of aromatic nitrogens is 3. The van der Waals surface area contributed by atoms with Crippen molar-refractivity contribution in [3.05, 3.63) is 29.3 Å². The molecule has 0 aliphatic carbocycles. The normalized spacial score (nSPS) is 15.2. The summed E-state index contributed by atoms with van der Waals surface area (Å²) in [7, 11) is 0. The number of anilines is 1. The molecule has 130 valence electrons. The van der Waals surface area contributed by atoms with Crippen molar-refractivity contribution < 1.29 is 13.2 Å². The van der Waals surface area contributed by atoms with Gasteiger partial charge in [0.15, 0.2) is 5.16 Å². The fraction of sp³-hybridized carbons (Fsp3) is 0.467. The Morgan fingerprint density at radius 1 is 1.17 bits per heavy atom. The Kier molecular flexibility index (Phi) is 5.24. The molecule has 1 saturated heterocycles. The molecule has 1 aliphatic heterocycles. The monoisotopic (exact) mass is 376 g/mol. The van der Waals surface area contributed by atoms with Crippen molar-refractivity contribution >= 4 is 29.3 Å². The Labute approximate surface area is 147 Å². The molecule has 0 bridgehead atoms. The van der Waals surface area contributed by atoms with Gasteiger partial charge in [-0.1, -0.05) is 29.4 Å². The zero-order valence-electron chi connectivity index (χ0n) is 12.8. The van der Waals surface area contributed by atoms with Gasteiger partial charge >= 0.3 is 6.18 Å². The van der Waals surface area contributed by atoms with Gasteiger partial charge in [-0.2, -0.15) is 13.2 Å². The van der Waals surface area contributed by atoms with Crippen LogP contribution in [0.25, 0.3) is 5.69 Å². The number of rotatable bonds is 5. The largest absolute Gasteiger partial charge is 0.389 e. The number of benzene rings is 1. The average molecular weight is 377 g/mol. The number of alkyl halides is 3. The van der Waals surface area contributed by atoms with Crippen molar-refractivity contribution in [1.29, 1.82) is 0 Å². The van der Waals surface area contributed by atoms with Gasteiger partial charge in [0.1, 0.15) is 0 Å². The SMILES string of the molecule is FC(F)(F)CCSc1nnc(N2CCCC2)n1-c1cccc(Cl)c1. The fourth-order valence-electron chi connectivity index (χ4n) is 2.58. The third-order valence-corrected chi connectivity index (χ3v) is 4.85. The van der Waals surface area contributed by atoms with Gasteiger partial charge in [-0.05, 0) is 31.0 Å². The van der Waals surface area contributed by atoms with Crippen LogP contribution < -0.4 is 4.90 Å². The number of hydrogen-bond donors (Lipinski definition) is 0. The summed E-state index contributed by atoms with van der Waals surface area (Å²) in [6.45, 7) is 1.73. The lowest BCUT2D eigenvalue weighted by atomic mass is 10.3. The van der Waals surface area contributed by atoms with Crippen molar-refractivity contribution in [3.8, 4) is 5.69 Å². The number of hydrogen-bond acceptors (Lipinski definition) is 4. The standard InChI is InChI=1S/C15H16ClF3N4S/c16-11-4-3-5-12(10-11)23-13(22-7-1-2-8-22)20-21-14(23)24-9-6-15(17,18)19/h3-5,10H,1-2,6-9H2. The summed E-state index contributed by atoms with van der Waals surface area (Å²) in [5.41, 5.74) is 0.754. The van der Waals surface area contributed by atoms with E-state index < -0.39 is 12.6 Å². The third-order valence-electron chi connectivity index (χ3n) is 3.69. The lowest BCUT2D eigenvalue weighted by Crippen LogP contribution is -2.22. The van der Waals surface area contributed by atoms with Gasteiger partial charge < -0.3 is 4.90 Å². The summed E-state index contributed by atoms with van der Waals surface area (Å²) in [5.74, 6) is 0.562. The molecule has 2 aromatic rings. The maximum atomic E-state index is 12.4. The second kappa shape index (κ2) is 7.23. The maximum absolute atomic E-state index is 12.4. The Hall–Kier alpha value is -1.41. The first-order valence-electron chi connectivity index (χ1n) is 7.60. The minimum atomic E-state index is -4.17. The highest BCUT2D eigenvalue weighted by molar-refractivity contribution is 7.99. The molecule has 0 spiro atoms. The van der Waals surface area contributed by atoms with E-state index in [-0.39, 0.29) is 5.75 Å². The fourth-order valence-corrected chi connectivity index (χ4v) is 3.69. The highest BCUT2D eigenvalue weighted by atomic mass is 35.5.